The molecule has 0 atom stereocenters. The molecule has 7 nitrogen and oxygen atoms in total. The van der Waals surface area contributed by atoms with E-state index in [1.165, 1.54) is 6.20 Å². The quantitative estimate of drug-likeness (QED) is 0.416. The third-order valence-electron chi connectivity index (χ3n) is 3.57. The molecule has 0 fully saturated rings. The van der Waals surface area contributed by atoms with E-state index < -0.39 is 24.1 Å². The van der Waals surface area contributed by atoms with Crippen molar-refractivity contribution in [1.29, 1.82) is 5.41 Å². The van der Waals surface area contributed by atoms with Gasteiger partial charge in [-0.15, -0.1) is 0 Å². The Bertz CT molecular complexity index is 880. The number of nitrogens with zero attached hydrogens (tertiary/aromatic N) is 1. The van der Waals surface area contributed by atoms with Gasteiger partial charge in [-0.3, -0.25) is 9.59 Å². The summed E-state index contributed by atoms with van der Waals surface area (Å²) in [5.41, 5.74) is 0.914. The summed E-state index contributed by atoms with van der Waals surface area (Å²) in [6.45, 7) is 4.71. The summed E-state index contributed by atoms with van der Waals surface area (Å²) in [4.78, 5) is 30.5. The number of ether oxygens (including phenoxy) is 2. The number of imidazole rings is 1. The van der Waals surface area contributed by atoms with Crippen LogP contribution in [0.5, 0.6) is 0 Å². The number of carbonyl (C=O) groups is 2. The Morgan fingerprint density at radius 2 is 1.89 bits per heavy atom. The molecule has 8 heteroatoms. The number of aromatic nitrogens is 2. The Balaban J connectivity index is 1.83. The number of carbonyl (C=O) groups excluding carboxylic acids is 2. The summed E-state index contributed by atoms with van der Waals surface area (Å²) in [7, 11) is 0. The molecule has 1 aromatic heterocycles. The van der Waals surface area contributed by atoms with E-state index in [0.717, 1.165) is 5.56 Å². The zero-order valence-electron chi connectivity index (χ0n) is 15.9. The van der Waals surface area contributed by atoms with Gasteiger partial charge in [0, 0.05) is 16.9 Å². The fraction of sp³-hybridized carbons (Fsp3) is 0.300. The van der Waals surface area contributed by atoms with Crippen LogP contribution >= 0.6 is 11.6 Å². The van der Waals surface area contributed by atoms with Crippen LogP contribution in [0.25, 0.3) is 6.08 Å². The minimum absolute atomic E-state index is 0.0391. The van der Waals surface area contributed by atoms with Gasteiger partial charge in [0.05, 0.1) is 17.5 Å². The number of H-pyrrole nitrogens is 1. The highest BCUT2D eigenvalue weighted by Crippen LogP contribution is 2.15. The number of rotatable bonds is 7. The van der Waals surface area contributed by atoms with E-state index in [9.17, 15) is 9.59 Å². The Morgan fingerprint density at radius 1 is 1.21 bits per heavy atom. The number of esters is 2. The monoisotopic (exact) mass is 403 g/mol. The van der Waals surface area contributed by atoms with E-state index >= 15 is 0 Å². The number of nitrogens with one attached hydrogen (secondary N) is 2. The lowest BCUT2D eigenvalue weighted by atomic mass is 9.98. The molecule has 0 aliphatic carbocycles. The third-order valence-corrected chi connectivity index (χ3v) is 3.82. The number of aromatic amines is 1. The van der Waals surface area contributed by atoms with Crippen molar-refractivity contribution in [3.63, 3.8) is 0 Å². The van der Waals surface area contributed by atoms with Crippen LogP contribution < -0.4 is 0 Å². The van der Waals surface area contributed by atoms with Crippen molar-refractivity contribution in [3.8, 4) is 0 Å². The molecule has 28 heavy (non-hydrogen) atoms. The average Bonchev–Trinajstić information content (AvgIpc) is 3.06. The van der Waals surface area contributed by atoms with Crippen molar-refractivity contribution in [2.45, 2.75) is 27.2 Å². The fourth-order valence-electron chi connectivity index (χ4n) is 2.01. The number of allylic oxidation sites excluding steroid dienone is 1. The zero-order valence-corrected chi connectivity index (χ0v) is 16.7. The standard InChI is InChI=1S/C20H22ClN3O4/c1-20(2,3)19(26)28-12-27-18(25)10-15-11-23-17(24-15)9-8-16(22)13-4-6-14(21)7-5-13/h4-9,11,22H,10,12H2,1-3H3,(H,23,24)/b9-8-,22-16?. The predicted molar refractivity (Wildman–Crippen MR) is 106 cm³/mol. The van der Waals surface area contributed by atoms with Crippen LogP contribution in [-0.4, -0.2) is 34.4 Å². The fourth-order valence-corrected chi connectivity index (χ4v) is 2.14. The van der Waals surface area contributed by atoms with Crippen LogP contribution in [0.15, 0.2) is 36.5 Å². The molecule has 0 bridgehead atoms. The van der Waals surface area contributed by atoms with Crippen molar-refractivity contribution in [3.05, 3.63) is 58.6 Å². The van der Waals surface area contributed by atoms with Gasteiger partial charge in [-0.1, -0.05) is 23.7 Å². The summed E-state index contributed by atoms with van der Waals surface area (Å²) >= 11 is 5.83. The molecule has 0 amide bonds. The second kappa shape index (κ2) is 9.32. The van der Waals surface area contributed by atoms with Crippen molar-refractivity contribution in [2.75, 3.05) is 6.79 Å². The van der Waals surface area contributed by atoms with Crippen LogP contribution in [0, 0.1) is 10.8 Å². The van der Waals surface area contributed by atoms with E-state index in [0.29, 0.717) is 22.3 Å². The van der Waals surface area contributed by atoms with Gasteiger partial charge in [-0.25, -0.2) is 4.98 Å². The minimum atomic E-state index is -0.656. The lowest BCUT2D eigenvalue weighted by Crippen LogP contribution is -2.25. The Labute approximate surface area is 168 Å². The first-order chi connectivity index (χ1) is 13.1. The van der Waals surface area contributed by atoms with Crippen LogP contribution in [0.4, 0.5) is 0 Å². The highest BCUT2D eigenvalue weighted by atomic mass is 35.5. The topological polar surface area (TPSA) is 105 Å². The molecular formula is C20H22ClN3O4. The highest BCUT2D eigenvalue weighted by molar-refractivity contribution is 6.30. The molecule has 0 saturated heterocycles. The van der Waals surface area contributed by atoms with E-state index in [4.69, 9.17) is 26.5 Å². The summed E-state index contributed by atoms with van der Waals surface area (Å²) in [5, 5.41) is 8.64. The normalized spacial score (nSPS) is 11.4. The largest absolute Gasteiger partial charge is 0.428 e. The number of hydrogen-bond acceptors (Lipinski definition) is 6. The Kier molecular flexibility index (Phi) is 7.12. The van der Waals surface area contributed by atoms with Gasteiger partial charge in [-0.2, -0.15) is 0 Å². The SMILES string of the molecule is CC(C)(C)C(=O)OCOC(=O)Cc1cnc(/C=C\C(=N)c2ccc(Cl)cc2)[nH]1. The maximum Gasteiger partial charge on any atom is 0.314 e. The van der Waals surface area contributed by atoms with E-state index in [-0.39, 0.29) is 6.42 Å². The van der Waals surface area contributed by atoms with Crippen LogP contribution in [0.2, 0.25) is 5.02 Å². The van der Waals surface area contributed by atoms with Gasteiger partial charge in [-0.05, 0) is 50.6 Å². The molecule has 2 N–H and O–H groups in total. The molecule has 0 saturated carbocycles. The number of benzene rings is 1. The second-order valence-corrected chi connectivity index (χ2v) is 7.48. The Hall–Kier alpha value is -2.93. The lowest BCUT2D eigenvalue weighted by molar-refractivity contribution is -0.172. The summed E-state index contributed by atoms with van der Waals surface area (Å²) in [6.07, 6.45) is 4.70. The first kappa shape index (κ1) is 21.4. The van der Waals surface area contributed by atoms with Crippen LogP contribution in [0.1, 0.15) is 37.9 Å². The molecular weight excluding hydrogens is 382 g/mol. The van der Waals surface area contributed by atoms with Crippen molar-refractivity contribution < 1.29 is 19.1 Å². The maximum atomic E-state index is 11.8. The van der Waals surface area contributed by atoms with E-state index in [1.807, 2.05) is 0 Å². The van der Waals surface area contributed by atoms with Crippen molar-refractivity contribution in [2.24, 2.45) is 5.41 Å². The molecule has 0 aliphatic heterocycles. The van der Waals surface area contributed by atoms with Gasteiger partial charge in [0.25, 0.3) is 0 Å². The summed E-state index contributed by atoms with van der Waals surface area (Å²) in [6, 6.07) is 6.94. The smallest absolute Gasteiger partial charge is 0.314 e. The van der Waals surface area contributed by atoms with E-state index in [1.54, 1.807) is 57.2 Å². The first-order valence-corrected chi connectivity index (χ1v) is 8.92. The summed E-state index contributed by atoms with van der Waals surface area (Å²) in [5.74, 6) is -0.493. The molecule has 0 unspecified atom stereocenters. The first-order valence-electron chi connectivity index (χ1n) is 8.54. The highest BCUT2D eigenvalue weighted by Gasteiger charge is 2.23. The molecule has 0 radical (unpaired) electrons. The minimum Gasteiger partial charge on any atom is -0.428 e. The number of halogens is 1. The maximum absolute atomic E-state index is 11.8. The zero-order chi connectivity index (χ0) is 20.7. The van der Waals surface area contributed by atoms with E-state index in [2.05, 4.69) is 9.97 Å². The Morgan fingerprint density at radius 3 is 2.54 bits per heavy atom. The van der Waals surface area contributed by atoms with Crippen molar-refractivity contribution in [1.82, 2.24) is 9.97 Å². The average molecular weight is 404 g/mol. The second-order valence-electron chi connectivity index (χ2n) is 7.04. The third kappa shape index (κ3) is 6.66. The van der Waals surface area contributed by atoms with Gasteiger partial charge >= 0.3 is 11.9 Å². The molecule has 0 spiro atoms. The van der Waals surface area contributed by atoms with Crippen LogP contribution in [-0.2, 0) is 25.5 Å². The molecule has 1 aromatic carbocycles. The van der Waals surface area contributed by atoms with Gasteiger partial charge in [0.2, 0.25) is 6.79 Å². The van der Waals surface area contributed by atoms with Crippen LogP contribution in [0.3, 0.4) is 0 Å². The molecule has 148 valence electrons. The predicted octanol–water partition coefficient (Wildman–Crippen LogP) is 3.78. The van der Waals surface area contributed by atoms with Crippen molar-refractivity contribution >= 4 is 35.3 Å². The molecule has 2 aromatic rings. The number of hydrogen-bond donors (Lipinski definition) is 2. The van der Waals surface area contributed by atoms with Gasteiger partial charge in [0.15, 0.2) is 0 Å². The van der Waals surface area contributed by atoms with Gasteiger partial charge in [0.1, 0.15) is 5.82 Å². The summed E-state index contributed by atoms with van der Waals surface area (Å²) < 4.78 is 9.78. The molecule has 0 aliphatic rings. The molecule has 1 heterocycles. The molecule has 2 rings (SSSR count). The van der Waals surface area contributed by atoms with Gasteiger partial charge < -0.3 is 19.9 Å². The lowest BCUT2D eigenvalue weighted by Gasteiger charge is -2.16.